The van der Waals surface area contributed by atoms with Crippen molar-refractivity contribution in [3.8, 4) is 0 Å². The van der Waals surface area contributed by atoms with Crippen LogP contribution < -0.4 is 11.3 Å². The summed E-state index contributed by atoms with van der Waals surface area (Å²) in [6, 6.07) is 15.7. The molecule has 0 aliphatic carbocycles. The first-order valence-electron chi connectivity index (χ1n) is 5.43. The molecule has 0 saturated carbocycles. The molecule has 0 aliphatic rings. The van der Waals surface area contributed by atoms with Gasteiger partial charge >= 0.3 is 0 Å². The van der Waals surface area contributed by atoms with Crippen LogP contribution in [0.5, 0.6) is 0 Å². The van der Waals surface area contributed by atoms with Crippen molar-refractivity contribution in [3.63, 3.8) is 0 Å². The topological polar surface area (TPSA) is 60.2 Å². The van der Waals surface area contributed by atoms with Gasteiger partial charge < -0.3 is 10.2 Å². The maximum atomic E-state index is 5.57. The monoisotopic (exact) mass is 229 g/mol. The summed E-state index contributed by atoms with van der Waals surface area (Å²) < 4.78 is 5.57. The van der Waals surface area contributed by atoms with Gasteiger partial charge in [-0.2, -0.15) is 0 Å². The molecule has 4 heteroatoms. The van der Waals surface area contributed by atoms with E-state index >= 15 is 0 Å². The number of ether oxygens (including phenoxy) is 1. The molecule has 1 heterocycles. The number of hydrogen-bond donors (Lipinski definition) is 2. The zero-order chi connectivity index (χ0) is 11.9. The summed E-state index contributed by atoms with van der Waals surface area (Å²) in [6.07, 6.45) is 0. The molecule has 0 atom stereocenters. The SMILES string of the molecule is NNc1cccc(COCc2ccccc2)n1. The molecular weight excluding hydrogens is 214 g/mol. The average Bonchev–Trinajstić information content (AvgIpc) is 2.40. The molecule has 0 saturated heterocycles. The Morgan fingerprint density at radius 1 is 1.00 bits per heavy atom. The quantitative estimate of drug-likeness (QED) is 0.608. The summed E-state index contributed by atoms with van der Waals surface area (Å²) in [7, 11) is 0. The second-order valence-corrected chi connectivity index (χ2v) is 3.64. The second kappa shape index (κ2) is 5.98. The molecule has 4 nitrogen and oxygen atoms in total. The van der Waals surface area contributed by atoms with E-state index < -0.39 is 0 Å². The lowest BCUT2D eigenvalue weighted by atomic mass is 10.2. The molecule has 2 aromatic rings. The predicted molar refractivity (Wildman–Crippen MR) is 67.0 cm³/mol. The Kier molecular flexibility index (Phi) is 4.07. The van der Waals surface area contributed by atoms with Gasteiger partial charge in [0.1, 0.15) is 5.82 Å². The zero-order valence-corrected chi connectivity index (χ0v) is 9.47. The molecule has 88 valence electrons. The van der Waals surface area contributed by atoms with Crippen molar-refractivity contribution in [3.05, 3.63) is 59.8 Å². The Bertz CT molecular complexity index is 459. The Morgan fingerprint density at radius 2 is 1.82 bits per heavy atom. The number of nitrogen functional groups attached to an aromatic ring is 1. The van der Waals surface area contributed by atoms with E-state index in [0.717, 1.165) is 11.3 Å². The lowest BCUT2D eigenvalue weighted by molar-refractivity contribution is 0.104. The molecule has 0 amide bonds. The van der Waals surface area contributed by atoms with E-state index in [0.29, 0.717) is 19.0 Å². The van der Waals surface area contributed by atoms with Crippen molar-refractivity contribution in [1.82, 2.24) is 4.98 Å². The fourth-order valence-electron chi connectivity index (χ4n) is 1.49. The molecule has 0 aliphatic heterocycles. The standard InChI is InChI=1S/C13H15N3O/c14-16-13-8-4-7-12(15-13)10-17-9-11-5-2-1-3-6-11/h1-8H,9-10,14H2,(H,15,16). The molecule has 2 rings (SSSR count). The Hall–Kier alpha value is -1.91. The van der Waals surface area contributed by atoms with E-state index in [4.69, 9.17) is 10.6 Å². The van der Waals surface area contributed by atoms with Crippen LogP contribution in [-0.4, -0.2) is 4.98 Å². The van der Waals surface area contributed by atoms with Gasteiger partial charge in [-0.3, -0.25) is 0 Å². The Morgan fingerprint density at radius 3 is 2.59 bits per heavy atom. The molecule has 17 heavy (non-hydrogen) atoms. The van der Waals surface area contributed by atoms with Crippen LogP contribution in [0.3, 0.4) is 0 Å². The van der Waals surface area contributed by atoms with Crippen LogP contribution in [0.25, 0.3) is 0 Å². The first kappa shape index (κ1) is 11.6. The fourth-order valence-corrected chi connectivity index (χ4v) is 1.49. The van der Waals surface area contributed by atoms with Crippen molar-refractivity contribution in [2.45, 2.75) is 13.2 Å². The number of benzene rings is 1. The average molecular weight is 229 g/mol. The van der Waals surface area contributed by atoms with Gasteiger partial charge in [-0.15, -0.1) is 0 Å². The normalized spacial score (nSPS) is 10.2. The minimum atomic E-state index is 0.477. The number of aromatic nitrogens is 1. The van der Waals surface area contributed by atoms with E-state index in [9.17, 15) is 0 Å². The van der Waals surface area contributed by atoms with Crippen LogP contribution in [0.15, 0.2) is 48.5 Å². The van der Waals surface area contributed by atoms with Crippen LogP contribution in [0.1, 0.15) is 11.3 Å². The highest BCUT2D eigenvalue weighted by Crippen LogP contribution is 2.06. The third-order valence-electron chi connectivity index (χ3n) is 2.32. The van der Waals surface area contributed by atoms with Crippen LogP contribution >= 0.6 is 0 Å². The smallest absolute Gasteiger partial charge is 0.140 e. The van der Waals surface area contributed by atoms with Crippen molar-refractivity contribution < 1.29 is 4.74 Å². The Balaban J connectivity index is 1.86. The van der Waals surface area contributed by atoms with Gasteiger partial charge in [-0.1, -0.05) is 36.4 Å². The summed E-state index contributed by atoms with van der Waals surface area (Å²) in [5, 5.41) is 0. The fraction of sp³-hybridized carbons (Fsp3) is 0.154. The predicted octanol–water partition coefficient (Wildman–Crippen LogP) is 2.08. The molecule has 1 aromatic carbocycles. The highest BCUT2D eigenvalue weighted by Gasteiger charge is 1.97. The number of nitrogens with zero attached hydrogens (tertiary/aromatic N) is 1. The first-order chi connectivity index (χ1) is 8.38. The van der Waals surface area contributed by atoms with E-state index in [2.05, 4.69) is 10.4 Å². The van der Waals surface area contributed by atoms with Gasteiger partial charge in [0.15, 0.2) is 0 Å². The number of anilines is 1. The maximum absolute atomic E-state index is 5.57. The maximum Gasteiger partial charge on any atom is 0.140 e. The number of hydrazine groups is 1. The molecule has 0 unspecified atom stereocenters. The molecule has 1 aromatic heterocycles. The van der Waals surface area contributed by atoms with Gasteiger partial charge in [-0.25, -0.2) is 10.8 Å². The van der Waals surface area contributed by atoms with Gasteiger partial charge in [0.05, 0.1) is 18.9 Å². The van der Waals surface area contributed by atoms with E-state index in [1.54, 1.807) is 6.07 Å². The number of nitrogens with one attached hydrogen (secondary N) is 1. The summed E-state index contributed by atoms with van der Waals surface area (Å²) in [5.41, 5.74) is 4.52. The summed E-state index contributed by atoms with van der Waals surface area (Å²) >= 11 is 0. The van der Waals surface area contributed by atoms with Gasteiger partial charge in [0.2, 0.25) is 0 Å². The highest BCUT2D eigenvalue weighted by atomic mass is 16.5. The van der Waals surface area contributed by atoms with Crippen molar-refractivity contribution in [2.24, 2.45) is 5.84 Å². The molecule has 0 spiro atoms. The largest absolute Gasteiger partial charge is 0.370 e. The number of nitrogens with two attached hydrogens (primary N) is 1. The molecule has 0 radical (unpaired) electrons. The minimum Gasteiger partial charge on any atom is -0.370 e. The summed E-state index contributed by atoms with van der Waals surface area (Å²) in [5.74, 6) is 5.93. The van der Waals surface area contributed by atoms with E-state index in [-0.39, 0.29) is 0 Å². The highest BCUT2D eigenvalue weighted by molar-refractivity contribution is 5.33. The molecule has 0 fully saturated rings. The number of pyridine rings is 1. The van der Waals surface area contributed by atoms with Crippen LogP contribution in [-0.2, 0) is 18.0 Å². The van der Waals surface area contributed by atoms with E-state index in [1.165, 1.54) is 0 Å². The number of hydrogen-bond acceptors (Lipinski definition) is 4. The van der Waals surface area contributed by atoms with Gasteiger partial charge in [0.25, 0.3) is 0 Å². The molecule has 0 bridgehead atoms. The minimum absolute atomic E-state index is 0.477. The third kappa shape index (κ3) is 3.55. The van der Waals surface area contributed by atoms with Crippen LogP contribution in [0.2, 0.25) is 0 Å². The first-order valence-corrected chi connectivity index (χ1v) is 5.43. The summed E-state index contributed by atoms with van der Waals surface area (Å²) in [6.45, 7) is 1.06. The third-order valence-corrected chi connectivity index (χ3v) is 2.32. The second-order valence-electron chi connectivity index (χ2n) is 3.64. The van der Waals surface area contributed by atoms with Gasteiger partial charge in [0, 0.05) is 0 Å². The van der Waals surface area contributed by atoms with Crippen LogP contribution in [0, 0.1) is 0 Å². The molecule has 3 N–H and O–H groups in total. The van der Waals surface area contributed by atoms with Crippen LogP contribution in [0.4, 0.5) is 5.82 Å². The van der Waals surface area contributed by atoms with Crippen molar-refractivity contribution in [2.75, 3.05) is 5.43 Å². The van der Waals surface area contributed by atoms with E-state index in [1.807, 2.05) is 42.5 Å². The Labute approximate surface area is 100 Å². The lowest BCUT2D eigenvalue weighted by Crippen LogP contribution is -2.09. The van der Waals surface area contributed by atoms with Gasteiger partial charge in [-0.05, 0) is 17.7 Å². The zero-order valence-electron chi connectivity index (χ0n) is 9.47. The number of rotatable bonds is 5. The van der Waals surface area contributed by atoms with Crippen molar-refractivity contribution >= 4 is 5.82 Å². The lowest BCUT2D eigenvalue weighted by Gasteiger charge is -2.05. The summed E-state index contributed by atoms with van der Waals surface area (Å²) in [4.78, 5) is 4.26. The van der Waals surface area contributed by atoms with Crippen molar-refractivity contribution in [1.29, 1.82) is 0 Å². The molecular formula is C13H15N3O.